The van der Waals surface area contributed by atoms with Gasteiger partial charge >= 0.3 is 0 Å². The number of para-hydroxylation sites is 2. The summed E-state index contributed by atoms with van der Waals surface area (Å²) >= 11 is 0. The number of nitrogens with zero attached hydrogens (tertiary/aromatic N) is 3. The van der Waals surface area contributed by atoms with Gasteiger partial charge in [0.1, 0.15) is 5.52 Å². The molecule has 3 heterocycles. The highest BCUT2D eigenvalue weighted by molar-refractivity contribution is 5.93. The molecule has 1 fully saturated rings. The van der Waals surface area contributed by atoms with Crippen LogP contribution in [0.4, 0.5) is 11.7 Å². The average molecular weight is 350 g/mol. The molecule has 1 aromatic carbocycles. The molecule has 1 aliphatic heterocycles. The van der Waals surface area contributed by atoms with Gasteiger partial charge in [-0.05, 0) is 50.5 Å². The molecule has 1 amide bonds. The van der Waals surface area contributed by atoms with Gasteiger partial charge in [0, 0.05) is 25.2 Å². The van der Waals surface area contributed by atoms with Crippen molar-refractivity contribution < 1.29 is 9.21 Å². The maximum atomic E-state index is 12.7. The third kappa shape index (κ3) is 3.14. The topological polar surface area (TPSA) is 71.3 Å². The lowest BCUT2D eigenvalue weighted by Gasteiger charge is -2.30. The van der Waals surface area contributed by atoms with Crippen molar-refractivity contribution in [2.75, 3.05) is 23.3 Å². The van der Waals surface area contributed by atoms with Gasteiger partial charge in [-0.15, -0.1) is 0 Å². The van der Waals surface area contributed by atoms with Crippen molar-refractivity contribution in [2.45, 2.75) is 26.7 Å². The number of amides is 1. The largest absolute Gasteiger partial charge is 0.423 e. The summed E-state index contributed by atoms with van der Waals surface area (Å²) in [5, 5.41) is 3.07. The van der Waals surface area contributed by atoms with Crippen LogP contribution in [-0.2, 0) is 4.79 Å². The number of pyridine rings is 1. The van der Waals surface area contributed by atoms with E-state index in [1.54, 1.807) is 6.20 Å². The predicted octanol–water partition coefficient (Wildman–Crippen LogP) is 3.69. The Balaban J connectivity index is 1.40. The van der Waals surface area contributed by atoms with Crippen molar-refractivity contribution in [3.05, 3.63) is 47.8 Å². The van der Waals surface area contributed by atoms with Crippen LogP contribution in [0.2, 0.25) is 0 Å². The van der Waals surface area contributed by atoms with Crippen LogP contribution in [0, 0.1) is 19.8 Å². The molecule has 134 valence electrons. The van der Waals surface area contributed by atoms with Crippen molar-refractivity contribution in [1.82, 2.24) is 9.97 Å². The van der Waals surface area contributed by atoms with E-state index in [9.17, 15) is 4.79 Å². The first kappa shape index (κ1) is 16.6. The number of piperidine rings is 1. The number of carbonyl (C=O) groups is 1. The fourth-order valence-electron chi connectivity index (χ4n) is 3.44. The van der Waals surface area contributed by atoms with Gasteiger partial charge in [0.2, 0.25) is 5.91 Å². The van der Waals surface area contributed by atoms with Crippen LogP contribution in [0.15, 0.2) is 40.9 Å². The minimum absolute atomic E-state index is 0.00497. The Bertz CT molecular complexity index is 889. The molecule has 1 aliphatic rings. The van der Waals surface area contributed by atoms with E-state index in [-0.39, 0.29) is 11.8 Å². The zero-order valence-electron chi connectivity index (χ0n) is 15.0. The number of benzene rings is 1. The molecule has 6 heteroatoms. The summed E-state index contributed by atoms with van der Waals surface area (Å²) in [6, 6.07) is 10.3. The third-order valence-corrected chi connectivity index (χ3v) is 5.02. The Morgan fingerprint density at radius 1 is 1.19 bits per heavy atom. The molecule has 0 spiro atoms. The SMILES string of the molecule is Cc1ccnc(C)c1NC(=O)C1CCN(c2nc3ccccc3o2)CC1. The zero-order chi connectivity index (χ0) is 18.1. The fourth-order valence-corrected chi connectivity index (χ4v) is 3.44. The molecular formula is C20H22N4O2. The van der Waals surface area contributed by atoms with Crippen molar-refractivity contribution in [2.24, 2.45) is 5.92 Å². The van der Waals surface area contributed by atoms with Gasteiger partial charge in [0.15, 0.2) is 5.58 Å². The summed E-state index contributed by atoms with van der Waals surface area (Å²) in [5.41, 5.74) is 4.38. The fraction of sp³-hybridized carbons (Fsp3) is 0.350. The summed E-state index contributed by atoms with van der Waals surface area (Å²) in [7, 11) is 0. The van der Waals surface area contributed by atoms with Crippen LogP contribution in [0.3, 0.4) is 0 Å². The molecule has 1 N–H and O–H groups in total. The van der Waals surface area contributed by atoms with Gasteiger partial charge in [0.05, 0.1) is 11.4 Å². The first-order valence-corrected chi connectivity index (χ1v) is 8.95. The Morgan fingerprint density at radius 3 is 2.69 bits per heavy atom. The highest BCUT2D eigenvalue weighted by Crippen LogP contribution is 2.27. The van der Waals surface area contributed by atoms with Crippen molar-refractivity contribution in [1.29, 1.82) is 0 Å². The average Bonchev–Trinajstić information content (AvgIpc) is 3.09. The Kier molecular flexibility index (Phi) is 4.32. The van der Waals surface area contributed by atoms with E-state index in [1.807, 2.05) is 44.2 Å². The van der Waals surface area contributed by atoms with E-state index in [1.165, 1.54) is 0 Å². The molecule has 0 unspecified atom stereocenters. The molecule has 4 rings (SSSR count). The van der Waals surface area contributed by atoms with Gasteiger partial charge in [-0.2, -0.15) is 4.98 Å². The number of oxazole rings is 1. The Hall–Kier alpha value is -2.89. The zero-order valence-corrected chi connectivity index (χ0v) is 15.0. The van der Waals surface area contributed by atoms with Gasteiger partial charge < -0.3 is 14.6 Å². The predicted molar refractivity (Wildman–Crippen MR) is 101 cm³/mol. The van der Waals surface area contributed by atoms with Crippen molar-refractivity contribution in [3.63, 3.8) is 0 Å². The number of carbonyl (C=O) groups excluding carboxylic acids is 1. The van der Waals surface area contributed by atoms with Gasteiger partial charge in [-0.1, -0.05) is 12.1 Å². The van der Waals surface area contributed by atoms with Gasteiger partial charge in [-0.25, -0.2) is 0 Å². The van der Waals surface area contributed by atoms with E-state index in [0.717, 1.165) is 54.0 Å². The first-order valence-electron chi connectivity index (χ1n) is 8.95. The maximum absolute atomic E-state index is 12.7. The minimum atomic E-state index is -0.00497. The van der Waals surface area contributed by atoms with Crippen LogP contribution in [-0.4, -0.2) is 29.0 Å². The molecule has 0 atom stereocenters. The number of hydrogen-bond acceptors (Lipinski definition) is 5. The quantitative estimate of drug-likeness (QED) is 0.780. The van der Waals surface area contributed by atoms with E-state index >= 15 is 0 Å². The molecule has 0 bridgehead atoms. The number of anilines is 2. The Morgan fingerprint density at radius 2 is 1.96 bits per heavy atom. The van der Waals surface area contributed by atoms with Crippen molar-refractivity contribution in [3.8, 4) is 0 Å². The number of nitrogens with one attached hydrogen (secondary N) is 1. The molecule has 6 nitrogen and oxygen atoms in total. The summed E-state index contributed by atoms with van der Waals surface area (Å²) in [6.07, 6.45) is 3.32. The van der Waals surface area contributed by atoms with Crippen LogP contribution in [0.25, 0.3) is 11.1 Å². The molecule has 0 saturated carbocycles. The molecular weight excluding hydrogens is 328 g/mol. The number of rotatable bonds is 3. The van der Waals surface area contributed by atoms with Crippen LogP contribution >= 0.6 is 0 Å². The maximum Gasteiger partial charge on any atom is 0.298 e. The standard InChI is InChI=1S/C20H22N4O2/c1-13-7-10-21-14(2)18(13)23-19(25)15-8-11-24(12-9-15)20-22-16-5-3-4-6-17(16)26-20/h3-7,10,15H,8-9,11-12H2,1-2H3,(H,23,25). The second-order valence-electron chi connectivity index (χ2n) is 6.80. The van der Waals surface area contributed by atoms with E-state index in [2.05, 4.69) is 20.2 Å². The van der Waals surface area contributed by atoms with Crippen LogP contribution in [0.1, 0.15) is 24.1 Å². The molecule has 1 saturated heterocycles. The highest BCUT2D eigenvalue weighted by atomic mass is 16.4. The Labute approximate surface area is 152 Å². The van der Waals surface area contributed by atoms with E-state index in [0.29, 0.717) is 6.01 Å². The molecule has 3 aromatic rings. The normalized spacial score (nSPS) is 15.4. The number of fused-ring (bicyclic) bond motifs is 1. The lowest BCUT2D eigenvalue weighted by Crippen LogP contribution is -2.38. The van der Waals surface area contributed by atoms with Gasteiger partial charge in [-0.3, -0.25) is 9.78 Å². The second-order valence-corrected chi connectivity index (χ2v) is 6.80. The van der Waals surface area contributed by atoms with Gasteiger partial charge in [0.25, 0.3) is 6.01 Å². The second kappa shape index (κ2) is 6.78. The molecule has 2 aromatic heterocycles. The summed E-state index contributed by atoms with van der Waals surface area (Å²) < 4.78 is 5.84. The third-order valence-electron chi connectivity index (χ3n) is 5.02. The van der Waals surface area contributed by atoms with Crippen LogP contribution < -0.4 is 10.2 Å². The monoisotopic (exact) mass is 350 g/mol. The number of hydrogen-bond donors (Lipinski definition) is 1. The number of aryl methyl sites for hydroxylation is 2. The summed E-state index contributed by atoms with van der Waals surface area (Å²) in [5.74, 6) is 0.0658. The lowest BCUT2D eigenvalue weighted by molar-refractivity contribution is -0.120. The first-order chi connectivity index (χ1) is 12.6. The highest BCUT2D eigenvalue weighted by Gasteiger charge is 2.27. The van der Waals surface area contributed by atoms with Crippen molar-refractivity contribution >= 4 is 28.7 Å². The van der Waals surface area contributed by atoms with E-state index in [4.69, 9.17) is 4.42 Å². The molecule has 0 radical (unpaired) electrons. The van der Waals surface area contributed by atoms with Crippen LogP contribution in [0.5, 0.6) is 0 Å². The van der Waals surface area contributed by atoms with E-state index < -0.39 is 0 Å². The number of aromatic nitrogens is 2. The summed E-state index contributed by atoms with van der Waals surface area (Å²) in [6.45, 7) is 5.42. The minimum Gasteiger partial charge on any atom is -0.423 e. The molecule has 0 aliphatic carbocycles. The smallest absolute Gasteiger partial charge is 0.298 e. The summed E-state index contributed by atoms with van der Waals surface area (Å²) in [4.78, 5) is 23.6. The molecule has 26 heavy (non-hydrogen) atoms. The lowest BCUT2D eigenvalue weighted by atomic mass is 9.96.